The van der Waals surface area contributed by atoms with Gasteiger partial charge in [-0.3, -0.25) is 4.98 Å². The van der Waals surface area contributed by atoms with Gasteiger partial charge in [-0.1, -0.05) is 30.3 Å². The fourth-order valence-corrected chi connectivity index (χ4v) is 2.02. The number of nitrogens with one attached hydrogen (secondary N) is 1. The number of rotatable bonds is 5. The Morgan fingerprint density at radius 1 is 1.17 bits per heavy atom. The molecule has 0 aliphatic carbocycles. The summed E-state index contributed by atoms with van der Waals surface area (Å²) < 4.78 is 0. The Balaban J connectivity index is 1.84. The summed E-state index contributed by atoms with van der Waals surface area (Å²) in [4.78, 5) is 4.20. The molecule has 2 rings (SSSR count). The molecule has 2 aromatic rings. The number of aromatic nitrogens is 1. The van der Waals surface area contributed by atoms with Crippen LogP contribution >= 0.6 is 0 Å². The van der Waals surface area contributed by atoms with Crippen molar-refractivity contribution in [1.82, 2.24) is 4.98 Å². The van der Waals surface area contributed by atoms with E-state index < -0.39 is 0 Å². The molecule has 1 unspecified atom stereocenters. The van der Waals surface area contributed by atoms with Crippen molar-refractivity contribution >= 4 is 5.69 Å². The molecule has 1 atom stereocenters. The Bertz CT molecular complexity index is 479. The van der Waals surface area contributed by atoms with Crippen molar-refractivity contribution in [2.45, 2.75) is 32.7 Å². The van der Waals surface area contributed by atoms with E-state index in [9.17, 15) is 0 Å². The highest BCUT2D eigenvalue weighted by Crippen LogP contribution is 2.12. The van der Waals surface area contributed by atoms with E-state index in [-0.39, 0.29) is 0 Å². The Hall–Kier alpha value is -1.83. The lowest BCUT2D eigenvalue weighted by Gasteiger charge is -2.15. The van der Waals surface area contributed by atoms with Crippen molar-refractivity contribution in [1.29, 1.82) is 0 Å². The van der Waals surface area contributed by atoms with Crippen LogP contribution in [-0.2, 0) is 6.42 Å². The molecule has 0 aliphatic rings. The molecule has 0 amide bonds. The average molecular weight is 240 g/mol. The summed E-state index contributed by atoms with van der Waals surface area (Å²) >= 11 is 0. The number of pyridine rings is 1. The molecule has 2 nitrogen and oxygen atoms in total. The van der Waals surface area contributed by atoms with E-state index >= 15 is 0 Å². The number of nitrogens with zero attached hydrogens (tertiary/aromatic N) is 1. The molecule has 1 aromatic carbocycles. The summed E-state index contributed by atoms with van der Waals surface area (Å²) in [5, 5.41) is 3.51. The SMILES string of the molecule is Cc1cc(NC(C)CCc2ccccc2)ccn1. The molecule has 0 radical (unpaired) electrons. The third-order valence-corrected chi connectivity index (χ3v) is 3.02. The Morgan fingerprint density at radius 3 is 2.67 bits per heavy atom. The minimum absolute atomic E-state index is 0.465. The molecular weight excluding hydrogens is 220 g/mol. The van der Waals surface area contributed by atoms with Crippen LogP contribution in [0.1, 0.15) is 24.6 Å². The number of hydrogen-bond donors (Lipinski definition) is 1. The number of anilines is 1. The van der Waals surface area contributed by atoms with Crippen molar-refractivity contribution in [3.8, 4) is 0 Å². The summed E-state index contributed by atoms with van der Waals surface area (Å²) in [6, 6.07) is 15.2. The van der Waals surface area contributed by atoms with Gasteiger partial charge in [-0.05, 0) is 44.4 Å². The van der Waals surface area contributed by atoms with Crippen LogP contribution in [0, 0.1) is 6.92 Å². The third kappa shape index (κ3) is 3.88. The monoisotopic (exact) mass is 240 g/mol. The van der Waals surface area contributed by atoms with Gasteiger partial charge in [-0.25, -0.2) is 0 Å². The van der Waals surface area contributed by atoms with Gasteiger partial charge in [-0.15, -0.1) is 0 Å². The highest BCUT2D eigenvalue weighted by molar-refractivity contribution is 5.43. The zero-order valence-corrected chi connectivity index (χ0v) is 11.1. The van der Waals surface area contributed by atoms with Crippen molar-refractivity contribution in [3.63, 3.8) is 0 Å². The Morgan fingerprint density at radius 2 is 1.94 bits per heavy atom. The Kier molecular flexibility index (Phi) is 4.35. The summed E-state index contributed by atoms with van der Waals surface area (Å²) in [6.07, 6.45) is 4.09. The van der Waals surface area contributed by atoms with E-state index in [2.05, 4.69) is 53.6 Å². The van der Waals surface area contributed by atoms with Crippen LogP contribution in [0.5, 0.6) is 0 Å². The number of benzene rings is 1. The number of hydrogen-bond acceptors (Lipinski definition) is 2. The van der Waals surface area contributed by atoms with Crippen molar-refractivity contribution in [3.05, 3.63) is 59.9 Å². The van der Waals surface area contributed by atoms with E-state index in [0.29, 0.717) is 6.04 Å². The predicted molar refractivity (Wildman–Crippen MR) is 76.8 cm³/mol. The minimum atomic E-state index is 0.465. The van der Waals surface area contributed by atoms with Gasteiger partial charge in [0.15, 0.2) is 0 Å². The van der Waals surface area contributed by atoms with Crippen LogP contribution in [0.4, 0.5) is 5.69 Å². The molecule has 1 N–H and O–H groups in total. The van der Waals surface area contributed by atoms with Crippen LogP contribution in [0.15, 0.2) is 48.7 Å². The second-order valence-electron chi connectivity index (χ2n) is 4.76. The van der Waals surface area contributed by atoms with Crippen LogP contribution < -0.4 is 5.32 Å². The van der Waals surface area contributed by atoms with Crippen molar-refractivity contribution in [2.24, 2.45) is 0 Å². The smallest absolute Gasteiger partial charge is 0.0393 e. The van der Waals surface area contributed by atoms with Gasteiger partial charge in [0, 0.05) is 23.6 Å². The Labute approximate surface area is 109 Å². The average Bonchev–Trinajstić information content (AvgIpc) is 2.38. The predicted octanol–water partition coefficient (Wildman–Crippen LogP) is 3.82. The van der Waals surface area contributed by atoms with Crippen LogP contribution in [-0.4, -0.2) is 11.0 Å². The van der Waals surface area contributed by atoms with Gasteiger partial charge < -0.3 is 5.32 Å². The van der Waals surface area contributed by atoms with Crippen LogP contribution in [0.25, 0.3) is 0 Å². The van der Waals surface area contributed by atoms with E-state index in [1.807, 2.05) is 19.2 Å². The molecule has 0 fully saturated rings. The second-order valence-corrected chi connectivity index (χ2v) is 4.76. The topological polar surface area (TPSA) is 24.9 Å². The lowest BCUT2D eigenvalue weighted by Crippen LogP contribution is -2.16. The molecule has 1 aromatic heterocycles. The first-order valence-electron chi connectivity index (χ1n) is 6.47. The molecule has 18 heavy (non-hydrogen) atoms. The zero-order chi connectivity index (χ0) is 12.8. The lowest BCUT2D eigenvalue weighted by atomic mass is 10.1. The zero-order valence-electron chi connectivity index (χ0n) is 11.1. The summed E-state index contributed by atoms with van der Waals surface area (Å²) in [5.74, 6) is 0. The summed E-state index contributed by atoms with van der Waals surface area (Å²) in [6.45, 7) is 4.23. The van der Waals surface area contributed by atoms with E-state index in [1.54, 1.807) is 0 Å². The van der Waals surface area contributed by atoms with Crippen molar-refractivity contribution < 1.29 is 0 Å². The highest BCUT2D eigenvalue weighted by Gasteiger charge is 2.03. The molecule has 0 bridgehead atoms. The van der Waals surface area contributed by atoms with Gasteiger partial charge in [-0.2, -0.15) is 0 Å². The fourth-order valence-electron chi connectivity index (χ4n) is 2.02. The first kappa shape index (κ1) is 12.6. The van der Waals surface area contributed by atoms with Gasteiger partial charge in [0.05, 0.1) is 0 Å². The quantitative estimate of drug-likeness (QED) is 0.859. The highest BCUT2D eigenvalue weighted by atomic mass is 14.9. The van der Waals surface area contributed by atoms with Crippen LogP contribution in [0.3, 0.4) is 0 Å². The maximum absolute atomic E-state index is 4.20. The molecule has 94 valence electrons. The minimum Gasteiger partial charge on any atom is -0.382 e. The largest absolute Gasteiger partial charge is 0.382 e. The van der Waals surface area contributed by atoms with Gasteiger partial charge in [0.25, 0.3) is 0 Å². The maximum atomic E-state index is 4.20. The van der Waals surface area contributed by atoms with Gasteiger partial charge in [0.1, 0.15) is 0 Å². The molecular formula is C16H20N2. The molecule has 0 saturated heterocycles. The van der Waals surface area contributed by atoms with Gasteiger partial charge >= 0.3 is 0 Å². The van der Waals surface area contributed by atoms with E-state index in [0.717, 1.165) is 24.2 Å². The molecule has 1 heterocycles. The molecule has 0 spiro atoms. The van der Waals surface area contributed by atoms with Crippen LogP contribution in [0.2, 0.25) is 0 Å². The fraction of sp³-hybridized carbons (Fsp3) is 0.312. The maximum Gasteiger partial charge on any atom is 0.0393 e. The third-order valence-electron chi connectivity index (χ3n) is 3.02. The van der Waals surface area contributed by atoms with Gasteiger partial charge in [0.2, 0.25) is 0 Å². The molecule has 0 saturated carbocycles. The first-order valence-corrected chi connectivity index (χ1v) is 6.47. The lowest BCUT2D eigenvalue weighted by molar-refractivity contribution is 0.706. The standard InChI is InChI=1S/C16H20N2/c1-13(8-9-15-6-4-3-5-7-15)18-16-10-11-17-14(2)12-16/h3-7,10-13H,8-9H2,1-2H3,(H,17,18). The molecule has 2 heteroatoms. The van der Waals surface area contributed by atoms with E-state index in [1.165, 1.54) is 5.56 Å². The van der Waals surface area contributed by atoms with Crippen molar-refractivity contribution in [2.75, 3.05) is 5.32 Å². The summed E-state index contributed by atoms with van der Waals surface area (Å²) in [5.41, 5.74) is 3.61. The second kappa shape index (κ2) is 6.20. The summed E-state index contributed by atoms with van der Waals surface area (Å²) in [7, 11) is 0. The van der Waals surface area contributed by atoms with E-state index in [4.69, 9.17) is 0 Å². The molecule has 0 aliphatic heterocycles. The normalized spacial score (nSPS) is 12.1. The first-order chi connectivity index (χ1) is 8.74. The number of aryl methyl sites for hydroxylation is 2.